The van der Waals surface area contributed by atoms with Gasteiger partial charge in [-0.05, 0) is 37.6 Å². The van der Waals surface area contributed by atoms with Gasteiger partial charge in [0.15, 0.2) is 0 Å². The summed E-state index contributed by atoms with van der Waals surface area (Å²) in [5.74, 6) is -0.973. The van der Waals surface area contributed by atoms with Gasteiger partial charge in [0.2, 0.25) is 5.88 Å². The number of carbonyl (C=O) groups is 1. The molecule has 2 aromatic carbocycles. The number of benzene rings is 2. The number of rotatable bonds is 3. The topological polar surface area (TPSA) is 101 Å². The highest BCUT2D eigenvalue weighted by atomic mass is 35.5. The minimum absolute atomic E-state index is 0.0540. The number of hydrogen-bond donors (Lipinski definition) is 2. The Morgan fingerprint density at radius 3 is 2.65 bits per heavy atom. The summed E-state index contributed by atoms with van der Waals surface area (Å²) in [5.41, 5.74) is 9.24. The van der Waals surface area contributed by atoms with Crippen LogP contribution in [-0.2, 0) is 9.53 Å². The number of nitrogens with two attached hydrogens (primary N) is 1. The van der Waals surface area contributed by atoms with E-state index in [9.17, 15) is 10.1 Å². The molecule has 0 saturated heterocycles. The Hall–Kier alpha value is -3.82. The number of amides is 1. The molecule has 0 saturated carbocycles. The SMILES string of the molecule is CC1=C(C(=O)Nc2ccccc2)C(c2cc3cccc(C)c3nc2Cl)C(C#N)=C(N)O1. The van der Waals surface area contributed by atoms with Gasteiger partial charge in [0.05, 0.1) is 17.0 Å². The minimum atomic E-state index is -0.813. The van der Waals surface area contributed by atoms with Gasteiger partial charge in [-0.15, -0.1) is 0 Å². The van der Waals surface area contributed by atoms with Crippen LogP contribution < -0.4 is 11.1 Å². The number of aryl methyl sites for hydroxylation is 1. The van der Waals surface area contributed by atoms with Gasteiger partial charge in [-0.2, -0.15) is 5.26 Å². The van der Waals surface area contributed by atoms with Gasteiger partial charge >= 0.3 is 0 Å². The zero-order valence-electron chi connectivity index (χ0n) is 16.9. The molecule has 0 aliphatic carbocycles. The maximum absolute atomic E-state index is 13.3. The van der Waals surface area contributed by atoms with Crippen molar-refractivity contribution in [3.63, 3.8) is 0 Å². The molecule has 31 heavy (non-hydrogen) atoms. The average Bonchev–Trinajstić information content (AvgIpc) is 2.74. The second kappa shape index (κ2) is 8.13. The molecule has 3 aromatic rings. The van der Waals surface area contributed by atoms with Crippen molar-refractivity contribution in [3.05, 3.63) is 93.7 Å². The fraction of sp³-hybridized carbons (Fsp3) is 0.125. The van der Waals surface area contributed by atoms with Gasteiger partial charge in [-0.3, -0.25) is 4.79 Å². The lowest BCUT2D eigenvalue weighted by Crippen LogP contribution is -2.28. The van der Waals surface area contributed by atoms with Crippen LogP contribution in [0.25, 0.3) is 10.9 Å². The normalized spacial score (nSPS) is 16.1. The van der Waals surface area contributed by atoms with Crippen LogP contribution in [0.3, 0.4) is 0 Å². The number of anilines is 1. The largest absolute Gasteiger partial charge is 0.445 e. The summed E-state index contributed by atoms with van der Waals surface area (Å²) in [6.45, 7) is 3.58. The summed E-state index contributed by atoms with van der Waals surface area (Å²) in [4.78, 5) is 17.8. The summed E-state index contributed by atoms with van der Waals surface area (Å²) < 4.78 is 5.55. The van der Waals surface area contributed by atoms with Crippen LogP contribution >= 0.6 is 11.6 Å². The number of pyridine rings is 1. The second-order valence-corrected chi connectivity index (χ2v) is 7.59. The highest BCUT2D eigenvalue weighted by Gasteiger charge is 2.37. The molecular formula is C24H19ClN4O2. The van der Waals surface area contributed by atoms with Crippen LogP contribution in [-0.4, -0.2) is 10.9 Å². The Balaban J connectivity index is 1.88. The third-order valence-electron chi connectivity index (χ3n) is 5.22. The molecule has 0 fully saturated rings. The highest BCUT2D eigenvalue weighted by molar-refractivity contribution is 6.31. The van der Waals surface area contributed by atoms with E-state index >= 15 is 0 Å². The van der Waals surface area contributed by atoms with Gasteiger partial charge in [-0.25, -0.2) is 4.98 Å². The Bertz CT molecular complexity index is 1310. The van der Waals surface area contributed by atoms with Gasteiger partial charge in [0, 0.05) is 16.6 Å². The quantitative estimate of drug-likeness (QED) is 0.574. The molecular weight excluding hydrogens is 412 g/mol. The first-order valence-electron chi connectivity index (χ1n) is 9.61. The number of nitrogens with zero attached hydrogens (tertiary/aromatic N) is 2. The fourth-order valence-electron chi connectivity index (χ4n) is 3.75. The first kappa shape index (κ1) is 20.5. The third-order valence-corrected chi connectivity index (χ3v) is 5.52. The van der Waals surface area contributed by atoms with Crippen LogP contribution in [0.1, 0.15) is 24.0 Å². The maximum Gasteiger partial charge on any atom is 0.255 e. The molecule has 4 rings (SSSR count). The number of nitrogens with one attached hydrogen (secondary N) is 1. The van der Waals surface area contributed by atoms with Crippen molar-refractivity contribution >= 4 is 34.1 Å². The predicted molar refractivity (Wildman–Crippen MR) is 120 cm³/mol. The molecule has 1 aromatic heterocycles. The van der Waals surface area contributed by atoms with E-state index in [0.29, 0.717) is 17.0 Å². The van der Waals surface area contributed by atoms with Crippen molar-refractivity contribution in [2.45, 2.75) is 19.8 Å². The zero-order valence-corrected chi connectivity index (χ0v) is 17.7. The maximum atomic E-state index is 13.3. The van der Waals surface area contributed by atoms with Crippen LogP contribution in [0.5, 0.6) is 0 Å². The van der Waals surface area contributed by atoms with E-state index in [1.807, 2.05) is 49.4 Å². The molecule has 1 aliphatic heterocycles. The molecule has 1 amide bonds. The Morgan fingerprint density at radius 2 is 1.94 bits per heavy atom. The van der Waals surface area contributed by atoms with E-state index in [0.717, 1.165) is 16.5 Å². The lowest BCUT2D eigenvalue weighted by Gasteiger charge is -2.28. The number of aromatic nitrogens is 1. The van der Waals surface area contributed by atoms with E-state index in [1.165, 1.54) is 0 Å². The van der Waals surface area contributed by atoms with Gasteiger partial charge < -0.3 is 15.8 Å². The first-order valence-corrected chi connectivity index (χ1v) is 9.99. The number of ether oxygens (including phenoxy) is 1. The van der Waals surface area contributed by atoms with Gasteiger partial charge in [0.1, 0.15) is 22.6 Å². The molecule has 1 aliphatic rings. The van der Waals surface area contributed by atoms with E-state index in [4.69, 9.17) is 22.1 Å². The second-order valence-electron chi connectivity index (χ2n) is 7.23. The molecule has 1 atom stereocenters. The number of fused-ring (bicyclic) bond motifs is 1. The Labute approximate surface area is 184 Å². The van der Waals surface area contributed by atoms with Crippen molar-refractivity contribution in [2.24, 2.45) is 5.73 Å². The van der Waals surface area contributed by atoms with Crippen LogP contribution in [0, 0.1) is 18.3 Å². The molecule has 2 heterocycles. The predicted octanol–water partition coefficient (Wildman–Crippen LogP) is 4.92. The van der Waals surface area contributed by atoms with E-state index in [1.54, 1.807) is 19.1 Å². The zero-order chi connectivity index (χ0) is 22.1. The van der Waals surface area contributed by atoms with E-state index in [-0.39, 0.29) is 22.2 Å². The molecule has 1 unspecified atom stereocenters. The number of halogens is 1. The third kappa shape index (κ3) is 3.72. The standard InChI is InChI=1S/C24H19ClN4O2/c1-13-7-6-8-15-11-17(22(25)29-21(13)15)20-18(12-26)23(27)31-14(2)19(20)24(30)28-16-9-4-3-5-10-16/h3-11,20H,27H2,1-2H3,(H,28,30). The fourth-order valence-corrected chi connectivity index (χ4v) is 4.00. The molecule has 0 radical (unpaired) electrons. The smallest absolute Gasteiger partial charge is 0.255 e. The molecule has 3 N–H and O–H groups in total. The molecule has 0 spiro atoms. The summed E-state index contributed by atoms with van der Waals surface area (Å²) in [7, 11) is 0. The van der Waals surface area contributed by atoms with Gasteiger partial charge in [0.25, 0.3) is 5.91 Å². The summed E-state index contributed by atoms with van der Waals surface area (Å²) >= 11 is 6.58. The first-order chi connectivity index (χ1) is 14.9. The summed E-state index contributed by atoms with van der Waals surface area (Å²) in [5, 5.41) is 13.7. The van der Waals surface area contributed by atoms with E-state index in [2.05, 4.69) is 16.4 Å². The average molecular weight is 431 g/mol. The molecule has 154 valence electrons. The van der Waals surface area contributed by atoms with Crippen LogP contribution in [0.2, 0.25) is 5.15 Å². The Kier molecular flexibility index (Phi) is 5.37. The van der Waals surface area contributed by atoms with Crippen molar-refractivity contribution in [1.29, 1.82) is 5.26 Å². The van der Waals surface area contributed by atoms with Crippen molar-refractivity contribution in [1.82, 2.24) is 4.98 Å². The summed E-state index contributed by atoms with van der Waals surface area (Å²) in [6.07, 6.45) is 0. The number of hydrogen-bond acceptors (Lipinski definition) is 5. The van der Waals surface area contributed by atoms with Crippen LogP contribution in [0.15, 0.2) is 77.4 Å². The lowest BCUT2D eigenvalue weighted by molar-refractivity contribution is -0.113. The van der Waals surface area contributed by atoms with Gasteiger partial charge in [-0.1, -0.05) is 48.0 Å². The highest BCUT2D eigenvalue weighted by Crippen LogP contribution is 2.42. The van der Waals surface area contributed by atoms with Crippen molar-refractivity contribution in [3.8, 4) is 6.07 Å². The monoisotopic (exact) mass is 430 g/mol. The Morgan fingerprint density at radius 1 is 1.19 bits per heavy atom. The molecule has 0 bridgehead atoms. The van der Waals surface area contributed by atoms with Crippen molar-refractivity contribution < 1.29 is 9.53 Å². The number of carbonyl (C=O) groups excluding carboxylic acids is 1. The molecule has 7 heteroatoms. The molecule has 6 nitrogen and oxygen atoms in total. The van der Waals surface area contributed by atoms with Crippen molar-refractivity contribution in [2.75, 3.05) is 5.32 Å². The number of para-hydroxylation sites is 2. The van der Waals surface area contributed by atoms with Crippen LogP contribution in [0.4, 0.5) is 5.69 Å². The summed E-state index contributed by atoms with van der Waals surface area (Å²) in [6, 6.07) is 18.7. The minimum Gasteiger partial charge on any atom is -0.445 e. The number of nitriles is 1. The lowest BCUT2D eigenvalue weighted by atomic mass is 9.82. The number of allylic oxidation sites excluding steroid dienone is 2. The van der Waals surface area contributed by atoms with E-state index < -0.39 is 11.8 Å².